The van der Waals surface area contributed by atoms with E-state index in [0.717, 1.165) is 5.56 Å². The number of benzene rings is 1. The lowest BCUT2D eigenvalue weighted by Gasteiger charge is -2.15. The quantitative estimate of drug-likeness (QED) is 0.849. The molecule has 1 aromatic carbocycles. The highest BCUT2D eigenvalue weighted by atomic mass is 16.5. The van der Waals surface area contributed by atoms with E-state index in [4.69, 9.17) is 10.3 Å². The summed E-state index contributed by atoms with van der Waals surface area (Å²) in [5.41, 5.74) is 6.39. The van der Waals surface area contributed by atoms with Crippen LogP contribution in [-0.2, 0) is 22.4 Å². The molecule has 2 heterocycles. The third-order valence-corrected chi connectivity index (χ3v) is 4.21. The molecule has 3 rings (SSSR count). The van der Waals surface area contributed by atoms with Crippen LogP contribution in [0.5, 0.6) is 0 Å². The molecule has 0 spiro atoms. The number of aromatic nitrogens is 2. The number of rotatable bonds is 6. The van der Waals surface area contributed by atoms with Gasteiger partial charge in [0.1, 0.15) is 0 Å². The third-order valence-electron chi connectivity index (χ3n) is 4.21. The maximum absolute atomic E-state index is 12.2. The fraction of sp³-hybridized carbons (Fsp3) is 0.412. The number of primary amides is 1. The first kappa shape index (κ1) is 16.2. The number of nitrogens with zero attached hydrogens (tertiary/aromatic N) is 3. The maximum Gasteiger partial charge on any atom is 0.227 e. The number of nitrogens with two attached hydrogens (primary N) is 1. The van der Waals surface area contributed by atoms with E-state index in [-0.39, 0.29) is 17.7 Å². The maximum atomic E-state index is 12.2. The van der Waals surface area contributed by atoms with Crippen molar-refractivity contribution in [3.63, 3.8) is 0 Å². The number of aryl methyl sites for hydroxylation is 1. The molecule has 24 heavy (non-hydrogen) atoms. The Morgan fingerprint density at radius 1 is 1.29 bits per heavy atom. The Morgan fingerprint density at radius 2 is 2.08 bits per heavy atom. The first-order chi connectivity index (χ1) is 11.6. The number of carbonyl (C=O) groups is 2. The van der Waals surface area contributed by atoms with Crippen LogP contribution in [-0.4, -0.2) is 39.9 Å². The van der Waals surface area contributed by atoms with Crippen LogP contribution in [0.3, 0.4) is 0 Å². The molecule has 1 atom stereocenters. The summed E-state index contributed by atoms with van der Waals surface area (Å²) in [7, 11) is 0. The minimum atomic E-state index is -0.340. The van der Waals surface area contributed by atoms with Gasteiger partial charge in [-0.2, -0.15) is 4.98 Å². The van der Waals surface area contributed by atoms with Gasteiger partial charge < -0.3 is 15.2 Å². The molecule has 0 bridgehead atoms. The molecule has 0 aliphatic carbocycles. The summed E-state index contributed by atoms with van der Waals surface area (Å²) in [6.07, 6.45) is 1.93. The van der Waals surface area contributed by atoms with Crippen LogP contribution >= 0.6 is 0 Å². The predicted molar refractivity (Wildman–Crippen MR) is 85.7 cm³/mol. The van der Waals surface area contributed by atoms with Crippen molar-refractivity contribution >= 4 is 11.8 Å². The summed E-state index contributed by atoms with van der Waals surface area (Å²) in [5, 5.41) is 3.95. The van der Waals surface area contributed by atoms with E-state index in [1.165, 1.54) is 0 Å². The van der Waals surface area contributed by atoms with Crippen molar-refractivity contribution in [2.75, 3.05) is 13.1 Å². The first-order valence-corrected chi connectivity index (χ1v) is 8.04. The van der Waals surface area contributed by atoms with Crippen LogP contribution in [0.15, 0.2) is 34.9 Å². The van der Waals surface area contributed by atoms with E-state index in [2.05, 4.69) is 10.1 Å². The molecule has 2 N–H and O–H groups in total. The van der Waals surface area contributed by atoms with Crippen LogP contribution in [0.4, 0.5) is 0 Å². The van der Waals surface area contributed by atoms with Crippen LogP contribution < -0.4 is 5.73 Å². The van der Waals surface area contributed by atoms with Crippen LogP contribution in [0.1, 0.15) is 30.1 Å². The molecule has 1 aromatic heterocycles. The van der Waals surface area contributed by atoms with Crippen molar-refractivity contribution < 1.29 is 14.1 Å². The number of carbonyl (C=O) groups excluding carboxylic acids is 2. The van der Waals surface area contributed by atoms with E-state index in [0.29, 0.717) is 50.5 Å². The van der Waals surface area contributed by atoms with Crippen LogP contribution in [0.2, 0.25) is 0 Å². The second kappa shape index (κ2) is 7.25. The standard InChI is InChI=1S/C17H20N4O3/c18-17(23)13-8-9-21(11-13)16(22)7-6-15-19-14(20-24-15)10-12-4-2-1-3-5-12/h1-5,13H,6-11H2,(H2,18,23)/t13-/m0/s1. The topological polar surface area (TPSA) is 102 Å². The van der Waals surface area contributed by atoms with Gasteiger partial charge in [0.25, 0.3) is 0 Å². The Morgan fingerprint density at radius 3 is 2.79 bits per heavy atom. The lowest BCUT2D eigenvalue weighted by Crippen LogP contribution is -2.31. The minimum Gasteiger partial charge on any atom is -0.369 e. The lowest BCUT2D eigenvalue weighted by atomic mass is 10.1. The van der Waals surface area contributed by atoms with Gasteiger partial charge >= 0.3 is 0 Å². The molecule has 1 aliphatic heterocycles. The summed E-state index contributed by atoms with van der Waals surface area (Å²) in [5.74, 6) is 0.489. The van der Waals surface area contributed by atoms with Gasteiger partial charge in [-0.05, 0) is 12.0 Å². The van der Waals surface area contributed by atoms with E-state index >= 15 is 0 Å². The Labute approximate surface area is 139 Å². The van der Waals surface area contributed by atoms with Crippen molar-refractivity contribution in [1.29, 1.82) is 0 Å². The van der Waals surface area contributed by atoms with E-state index in [9.17, 15) is 9.59 Å². The molecular weight excluding hydrogens is 308 g/mol. The second-order valence-electron chi connectivity index (χ2n) is 5.99. The lowest BCUT2D eigenvalue weighted by molar-refractivity contribution is -0.130. The smallest absolute Gasteiger partial charge is 0.227 e. The number of amides is 2. The van der Waals surface area contributed by atoms with Gasteiger partial charge in [0.05, 0.1) is 5.92 Å². The van der Waals surface area contributed by atoms with Gasteiger partial charge in [-0.15, -0.1) is 0 Å². The highest BCUT2D eigenvalue weighted by molar-refractivity contribution is 5.81. The largest absolute Gasteiger partial charge is 0.369 e. The number of hydrogen-bond donors (Lipinski definition) is 1. The Hall–Kier alpha value is -2.70. The molecule has 2 aromatic rings. The molecule has 2 amide bonds. The van der Waals surface area contributed by atoms with Crippen molar-refractivity contribution in [3.05, 3.63) is 47.6 Å². The predicted octanol–water partition coefficient (Wildman–Crippen LogP) is 0.927. The Balaban J connectivity index is 1.49. The average Bonchev–Trinajstić information content (AvgIpc) is 3.23. The number of hydrogen-bond acceptors (Lipinski definition) is 5. The Kier molecular flexibility index (Phi) is 4.88. The molecule has 1 saturated heterocycles. The first-order valence-electron chi connectivity index (χ1n) is 8.04. The van der Waals surface area contributed by atoms with Gasteiger partial charge in [0.15, 0.2) is 5.82 Å². The molecule has 0 saturated carbocycles. The van der Waals surface area contributed by atoms with Crippen LogP contribution in [0, 0.1) is 5.92 Å². The second-order valence-corrected chi connectivity index (χ2v) is 5.99. The zero-order valence-corrected chi connectivity index (χ0v) is 13.4. The van der Waals surface area contributed by atoms with Crippen molar-refractivity contribution in [1.82, 2.24) is 15.0 Å². The van der Waals surface area contributed by atoms with E-state index in [1.807, 2.05) is 30.3 Å². The summed E-state index contributed by atoms with van der Waals surface area (Å²) >= 11 is 0. The van der Waals surface area contributed by atoms with Gasteiger partial charge in [-0.1, -0.05) is 35.5 Å². The highest BCUT2D eigenvalue weighted by Crippen LogP contribution is 2.17. The molecule has 0 unspecified atom stereocenters. The molecule has 0 radical (unpaired) electrons. The molecule has 1 aliphatic rings. The molecule has 1 fully saturated rings. The summed E-state index contributed by atoms with van der Waals surface area (Å²) in [6.45, 7) is 0.993. The molecule has 126 valence electrons. The molecule has 7 nitrogen and oxygen atoms in total. The van der Waals surface area contributed by atoms with Gasteiger partial charge in [-0.3, -0.25) is 9.59 Å². The van der Waals surface area contributed by atoms with Crippen molar-refractivity contribution in [3.8, 4) is 0 Å². The number of likely N-dealkylation sites (tertiary alicyclic amines) is 1. The monoisotopic (exact) mass is 328 g/mol. The summed E-state index contributed by atoms with van der Waals surface area (Å²) in [4.78, 5) is 29.3. The summed E-state index contributed by atoms with van der Waals surface area (Å²) in [6, 6.07) is 9.89. The van der Waals surface area contributed by atoms with Gasteiger partial charge in [0, 0.05) is 32.4 Å². The third kappa shape index (κ3) is 3.98. The SMILES string of the molecule is NC(=O)[C@H]1CCN(C(=O)CCc2nc(Cc3ccccc3)no2)C1. The van der Waals surface area contributed by atoms with Gasteiger partial charge in [-0.25, -0.2) is 0 Å². The Bertz CT molecular complexity index is 714. The van der Waals surface area contributed by atoms with Crippen molar-refractivity contribution in [2.45, 2.75) is 25.7 Å². The van der Waals surface area contributed by atoms with E-state index < -0.39 is 0 Å². The fourth-order valence-corrected chi connectivity index (χ4v) is 2.83. The zero-order chi connectivity index (χ0) is 16.9. The fourth-order valence-electron chi connectivity index (χ4n) is 2.83. The van der Waals surface area contributed by atoms with E-state index in [1.54, 1.807) is 4.90 Å². The average molecular weight is 328 g/mol. The minimum absolute atomic E-state index is 0.0124. The zero-order valence-electron chi connectivity index (χ0n) is 13.4. The van der Waals surface area contributed by atoms with Crippen LogP contribution in [0.25, 0.3) is 0 Å². The normalized spacial score (nSPS) is 17.2. The summed E-state index contributed by atoms with van der Waals surface area (Å²) < 4.78 is 5.20. The molecule has 7 heteroatoms. The molecular formula is C17H20N4O3. The van der Waals surface area contributed by atoms with Gasteiger partial charge in [0.2, 0.25) is 17.7 Å². The van der Waals surface area contributed by atoms with Crippen molar-refractivity contribution in [2.24, 2.45) is 11.7 Å². The highest BCUT2D eigenvalue weighted by Gasteiger charge is 2.29.